The number of hydrogen-bond donors (Lipinski definition) is 0. The molecule has 29 heavy (non-hydrogen) atoms. The summed E-state index contributed by atoms with van der Waals surface area (Å²) in [6.45, 7) is 6.84. The van der Waals surface area contributed by atoms with Gasteiger partial charge in [-0.3, -0.25) is 4.79 Å². The Morgan fingerprint density at radius 2 is 1.66 bits per heavy atom. The van der Waals surface area contributed by atoms with Crippen molar-refractivity contribution in [2.75, 3.05) is 0 Å². The van der Waals surface area contributed by atoms with E-state index in [2.05, 4.69) is 0 Å². The molecular formula is C22H28F3NO3. The zero-order chi connectivity index (χ0) is 21.6. The number of nitrogens with zero attached hydrogens (tertiary/aromatic N) is 1. The van der Waals surface area contributed by atoms with Crippen LogP contribution in [-0.4, -0.2) is 34.5 Å². The van der Waals surface area contributed by atoms with E-state index in [0.717, 1.165) is 25.3 Å². The molecule has 7 heteroatoms. The van der Waals surface area contributed by atoms with Gasteiger partial charge in [0.05, 0.1) is 5.56 Å². The van der Waals surface area contributed by atoms with Crippen molar-refractivity contribution < 1.29 is 27.5 Å². The molecule has 2 unspecified atom stereocenters. The maximum absolute atomic E-state index is 13.0. The summed E-state index contributed by atoms with van der Waals surface area (Å²) >= 11 is 0. The molecular weight excluding hydrogens is 383 g/mol. The van der Waals surface area contributed by atoms with Crippen LogP contribution in [0.3, 0.4) is 0 Å². The first-order valence-electron chi connectivity index (χ1n) is 10.1. The highest BCUT2D eigenvalue weighted by Crippen LogP contribution is 2.40. The fourth-order valence-electron chi connectivity index (χ4n) is 4.58. The van der Waals surface area contributed by atoms with Crippen molar-refractivity contribution >= 4 is 11.9 Å². The summed E-state index contributed by atoms with van der Waals surface area (Å²) in [5.74, 6) is -0.428. The molecule has 2 fully saturated rings. The van der Waals surface area contributed by atoms with E-state index in [0.29, 0.717) is 18.4 Å². The van der Waals surface area contributed by atoms with Gasteiger partial charge in [-0.05, 0) is 77.5 Å². The number of carbonyl (C=O) groups is 2. The Morgan fingerprint density at radius 3 is 2.14 bits per heavy atom. The summed E-state index contributed by atoms with van der Waals surface area (Å²) in [6.07, 6.45) is -1.11. The molecule has 1 amide bonds. The minimum absolute atomic E-state index is 0.0507. The van der Waals surface area contributed by atoms with Crippen molar-refractivity contribution in [3.63, 3.8) is 0 Å². The lowest BCUT2D eigenvalue weighted by atomic mass is 9.75. The Bertz CT molecular complexity index is 783. The van der Waals surface area contributed by atoms with E-state index in [9.17, 15) is 22.8 Å². The van der Waals surface area contributed by atoms with E-state index in [1.54, 1.807) is 4.90 Å². The highest BCUT2D eigenvalue weighted by molar-refractivity contribution is 5.98. The number of ketones is 1. The van der Waals surface area contributed by atoms with Crippen LogP contribution in [0.15, 0.2) is 18.2 Å². The predicted octanol–water partition coefficient (Wildman–Crippen LogP) is 5.76. The molecule has 0 saturated carbocycles. The Labute approximate surface area is 169 Å². The molecule has 1 aromatic rings. The topological polar surface area (TPSA) is 46.6 Å². The highest BCUT2D eigenvalue weighted by atomic mass is 19.4. The van der Waals surface area contributed by atoms with Crippen molar-refractivity contribution in [1.29, 1.82) is 0 Å². The molecule has 2 heterocycles. The van der Waals surface area contributed by atoms with Gasteiger partial charge in [0.25, 0.3) is 0 Å². The van der Waals surface area contributed by atoms with E-state index >= 15 is 0 Å². The molecule has 0 N–H and O–H groups in total. The van der Waals surface area contributed by atoms with Crippen LogP contribution in [0.2, 0.25) is 0 Å². The minimum Gasteiger partial charge on any atom is -0.444 e. The van der Waals surface area contributed by atoms with Gasteiger partial charge in [0.2, 0.25) is 0 Å². The maximum Gasteiger partial charge on any atom is 0.416 e. The Kier molecular flexibility index (Phi) is 5.71. The summed E-state index contributed by atoms with van der Waals surface area (Å²) in [6, 6.07) is 3.46. The lowest BCUT2D eigenvalue weighted by Gasteiger charge is -2.48. The number of piperidine rings is 2. The van der Waals surface area contributed by atoms with Crippen molar-refractivity contribution in [2.24, 2.45) is 5.92 Å². The molecule has 4 nitrogen and oxygen atoms in total. The lowest BCUT2D eigenvalue weighted by molar-refractivity contribution is -0.138. The van der Waals surface area contributed by atoms with Gasteiger partial charge in [-0.1, -0.05) is 6.07 Å². The number of Topliss-reactive ketones (excluding diaryl/α,β-unsaturated/α-hetero) is 1. The van der Waals surface area contributed by atoms with E-state index in [1.807, 2.05) is 20.8 Å². The largest absolute Gasteiger partial charge is 0.444 e. The SMILES string of the molecule is Cc1cc(C(=O)C2CC3CCCC(C2)N3C(=O)OC(C)(C)C)ccc1C(F)(F)F. The minimum atomic E-state index is -4.43. The second kappa shape index (κ2) is 7.65. The number of hydrogen-bond acceptors (Lipinski definition) is 3. The van der Waals surface area contributed by atoms with Gasteiger partial charge in [-0.25, -0.2) is 4.79 Å². The zero-order valence-electron chi connectivity index (χ0n) is 17.3. The Morgan fingerprint density at radius 1 is 1.07 bits per heavy atom. The van der Waals surface area contributed by atoms with Crippen LogP contribution in [0, 0.1) is 12.8 Å². The van der Waals surface area contributed by atoms with Gasteiger partial charge in [0.15, 0.2) is 5.78 Å². The van der Waals surface area contributed by atoms with Crippen LogP contribution in [0.1, 0.15) is 74.4 Å². The zero-order valence-corrected chi connectivity index (χ0v) is 17.3. The van der Waals surface area contributed by atoms with E-state index in [-0.39, 0.29) is 35.4 Å². The maximum atomic E-state index is 13.0. The standard InChI is InChI=1S/C22H28F3NO3/c1-13-10-14(8-9-18(13)22(23,24)25)19(27)15-11-16-6-5-7-17(12-15)26(16)20(28)29-21(2,3)4/h8-10,15-17H,5-7,11-12H2,1-4H3. The van der Waals surface area contributed by atoms with Gasteiger partial charge in [0.1, 0.15) is 5.60 Å². The summed E-state index contributed by atoms with van der Waals surface area (Å²) < 4.78 is 44.5. The molecule has 160 valence electrons. The Balaban J connectivity index is 1.76. The van der Waals surface area contributed by atoms with Crippen LogP contribution < -0.4 is 0 Å². The van der Waals surface area contributed by atoms with E-state index in [1.165, 1.54) is 19.1 Å². The number of alkyl halides is 3. The van der Waals surface area contributed by atoms with Gasteiger partial charge in [0, 0.05) is 23.6 Å². The first-order valence-corrected chi connectivity index (χ1v) is 10.1. The molecule has 1 aromatic carbocycles. The van der Waals surface area contributed by atoms with E-state index < -0.39 is 17.3 Å². The molecule has 2 aliphatic rings. The molecule has 3 rings (SSSR count). The quantitative estimate of drug-likeness (QED) is 0.581. The van der Waals surface area contributed by atoms with Crippen LogP contribution in [0.5, 0.6) is 0 Å². The van der Waals surface area contributed by atoms with Crippen LogP contribution >= 0.6 is 0 Å². The van der Waals surface area contributed by atoms with Crippen LogP contribution in [0.25, 0.3) is 0 Å². The first-order chi connectivity index (χ1) is 13.4. The number of halogens is 3. The summed E-state index contributed by atoms with van der Waals surface area (Å²) in [5, 5.41) is 0. The second-order valence-electron chi connectivity index (χ2n) is 9.19. The molecule has 0 aromatic heterocycles. The average Bonchev–Trinajstić information content (AvgIpc) is 2.57. The average molecular weight is 411 g/mol. The van der Waals surface area contributed by atoms with Gasteiger partial charge >= 0.3 is 12.3 Å². The second-order valence-corrected chi connectivity index (χ2v) is 9.19. The number of ether oxygens (including phenoxy) is 1. The number of benzene rings is 1. The Hall–Kier alpha value is -2.05. The lowest BCUT2D eigenvalue weighted by Crippen LogP contribution is -2.56. The van der Waals surface area contributed by atoms with Crippen molar-refractivity contribution in [2.45, 2.75) is 83.7 Å². The molecule has 2 bridgehead atoms. The smallest absolute Gasteiger partial charge is 0.416 e. The summed E-state index contributed by atoms with van der Waals surface area (Å²) in [5.41, 5.74) is -0.944. The molecule has 2 atom stereocenters. The summed E-state index contributed by atoms with van der Waals surface area (Å²) in [4.78, 5) is 27.5. The third kappa shape index (κ3) is 4.75. The molecule has 0 aliphatic carbocycles. The van der Waals surface area contributed by atoms with Gasteiger partial charge < -0.3 is 9.64 Å². The van der Waals surface area contributed by atoms with Crippen molar-refractivity contribution in [3.05, 3.63) is 34.9 Å². The monoisotopic (exact) mass is 411 g/mol. The number of aryl methyl sites for hydroxylation is 1. The fourth-order valence-corrected chi connectivity index (χ4v) is 4.58. The normalized spacial score (nSPS) is 24.9. The number of rotatable bonds is 2. The highest BCUT2D eigenvalue weighted by Gasteiger charge is 2.44. The number of fused-ring (bicyclic) bond motifs is 2. The predicted molar refractivity (Wildman–Crippen MR) is 103 cm³/mol. The summed E-state index contributed by atoms with van der Waals surface area (Å²) in [7, 11) is 0. The fraction of sp³-hybridized carbons (Fsp3) is 0.636. The van der Waals surface area contributed by atoms with Crippen LogP contribution in [-0.2, 0) is 10.9 Å². The third-order valence-electron chi connectivity index (χ3n) is 5.77. The van der Waals surface area contributed by atoms with E-state index in [4.69, 9.17) is 4.74 Å². The number of amides is 1. The molecule has 2 aliphatic heterocycles. The number of carbonyl (C=O) groups excluding carboxylic acids is 2. The van der Waals surface area contributed by atoms with Crippen molar-refractivity contribution in [3.8, 4) is 0 Å². The molecule has 0 spiro atoms. The molecule has 2 saturated heterocycles. The van der Waals surface area contributed by atoms with Gasteiger partial charge in [-0.15, -0.1) is 0 Å². The van der Waals surface area contributed by atoms with Crippen molar-refractivity contribution in [1.82, 2.24) is 4.90 Å². The van der Waals surface area contributed by atoms with Crippen LogP contribution in [0.4, 0.5) is 18.0 Å². The van der Waals surface area contributed by atoms with Gasteiger partial charge in [-0.2, -0.15) is 13.2 Å². The first kappa shape index (κ1) is 21.7. The molecule has 0 radical (unpaired) electrons. The third-order valence-corrected chi connectivity index (χ3v) is 5.77.